The average Bonchev–Trinajstić information content (AvgIpc) is 2.45. The fourth-order valence-corrected chi connectivity index (χ4v) is 1.99. The molecule has 1 aromatic carbocycles. The summed E-state index contributed by atoms with van der Waals surface area (Å²) in [5, 5.41) is 3.20. The fraction of sp³-hybridized carbons (Fsp3) is 0.267. The number of anilines is 2. The van der Waals surface area contributed by atoms with Crippen LogP contribution in [0.5, 0.6) is 0 Å². The second-order valence-corrected chi connectivity index (χ2v) is 4.47. The highest BCUT2D eigenvalue weighted by Gasteiger charge is 2.14. The van der Waals surface area contributed by atoms with Crippen LogP contribution in [0.3, 0.4) is 0 Å². The molecule has 0 aliphatic heterocycles. The van der Waals surface area contributed by atoms with E-state index in [1.54, 1.807) is 12.3 Å². The summed E-state index contributed by atoms with van der Waals surface area (Å²) in [6.45, 7) is 2.07. The summed E-state index contributed by atoms with van der Waals surface area (Å²) in [6, 6.07) is 10.6. The van der Waals surface area contributed by atoms with Gasteiger partial charge in [0.25, 0.3) is 0 Å². The van der Waals surface area contributed by atoms with Gasteiger partial charge in [-0.2, -0.15) is 0 Å². The molecule has 0 saturated carbocycles. The van der Waals surface area contributed by atoms with E-state index >= 15 is 0 Å². The lowest BCUT2D eigenvalue weighted by molar-refractivity contribution is 0.627. The van der Waals surface area contributed by atoms with E-state index in [1.807, 2.05) is 37.2 Å². The number of benzene rings is 1. The standard InChI is InChI=1S/C15H18FN3/c1-11(17-2)14-8-5-9-18-15(14)19(3)13-7-4-6-12(16)10-13/h4-11,17H,1-3H3. The molecule has 1 atom stereocenters. The molecule has 0 fully saturated rings. The number of hydrogen-bond acceptors (Lipinski definition) is 3. The van der Waals surface area contributed by atoms with E-state index in [0.717, 1.165) is 17.1 Å². The Labute approximate surface area is 113 Å². The van der Waals surface area contributed by atoms with Crippen molar-refractivity contribution in [3.8, 4) is 0 Å². The molecule has 0 saturated heterocycles. The van der Waals surface area contributed by atoms with E-state index in [-0.39, 0.29) is 11.9 Å². The molecule has 0 amide bonds. The zero-order valence-corrected chi connectivity index (χ0v) is 11.4. The van der Waals surface area contributed by atoms with Crippen molar-refractivity contribution in [1.82, 2.24) is 10.3 Å². The van der Waals surface area contributed by atoms with Crippen LogP contribution in [0.2, 0.25) is 0 Å². The summed E-state index contributed by atoms with van der Waals surface area (Å²) in [4.78, 5) is 6.31. The van der Waals surface area contributed by atoms with E-state index in [1.165, 1.54) is 12.1 Å². The Morgan fingerprint density at radius 1 is 1.26 bits per heavy atom. The number of nitrogens with one attached hydrogen (secondary N) is 1. The van der Waals surface area contributed by atoms with Gasteiger partial charge in [0.2, 0.25) is 0 Å². The number of nitrogens with zero attached hydrogens (tertiary/aromatic N) is 2. The van der Waals surface area contributed by atoms with Crippen LogP contribution in [0.1, 0.15) is 18.5 Å². The molecular weight excluding hydrogens is 241 g/mol. The first-order valence-corrected chi connectivity index (χ1v) is 6.25. The SMILES string of the molecule is CNC(C)c1cccnc1N(C)c1cccc(F)c1. The molecule has 1 N–H and O–H groups in total. The quantitative estimate of drug-likeness (QED) is 0.913. The summed E-state index contributed by atoms with van der Waals surface area (Å²) in [6.07, 6.45) is 1.75. The molecule has 0 radical (unpaired) electrons. The smallest absolute Gasteiger partial charge is 0.137 e. The van der Waals surface area contributed by atoms with Crippen LogP contribution in [-0.4, -0.2) is 19.1 Å². The van der Waals surface area contributed by atoms with Gasteiger partial charge in [0.1, 0.15) is 11.6 Å². The first kappa shape index (κ1) is 13.5. The molecule has 100 valence electrons. The highest BCUT2D eigenvalue weighted by atomic mass is 19.1. The average molecular weight is 259 g/mol. The Hall–Kier alpha value is -1.94. The van der Waals surface area contributed by atoms with Crippen LogP contribution in [0.4, 0.5) is 15.9 Å². The molecule has 2 rings (SSSR count). The van der Waals surface area contributed by atoms with E-state index < -0.39 is 0 Å². The Morgan fingerprint density at radius 2 is 2.05 bits per heavy atom. The first-order valence-electron chi connectivity index (χ1n) is 6.25. The molecule has 0 spiro atoms. The second kappa shape index (κ2) is 5.80. The van der Waals surface area contributed by atoms with Crippen LogP contribution in [0, 0.1) is 5.82 Å². The molecule has 2 aromatic rings. The van der Waals surface area contributed by atoms with Gasteiger partial charge in [-0.3, -0.25) is 0 Å². The minimum atomic E-state index is -0.247. The molecule has 4 heteroatoms. The van der Waals surface area contributed by atoms with Crippen LogP contribution in [-0.2, 0) is 0 Å². The Kier molecular flexibility index (Phi) is 4.12. The number of halogens is 1. The van der Waals surface area contributed by atoms with Crippen molar-refractivity contribution in [2.24, 2.45) is 0 Å². The van der Waals surface area contributed by atoms with Gasteiger partial charge >= 0.3 is 0 Å². The van der Waals surface area contributed by atoms with E-state index in [9.17, 15) is 4.39 Å². The monoisotopic (exact) mass is 259 g/mol. The number of aromatic nitrogens is 1. The minimum Gasteiger partial charge on any atom is -0.329 e. The zero-order chi connectivity index (χ0) is 13.8. The van der Waals surface area contributed by atoms with Gasteiger partial charge in [-0.05, 0) is 38.2 Å². The normalized spacial score (nSPS) is 12.2. The lowest BCUT2D eigenvalue weighted by atomic mass is 10.1. The highest BCUT2D eigenvalue weighted by molar-refractivity contribution is 5.62. The molecule has 1 heterocycles. The minimum absolute atomic E-state index is 0.180. The molecule has 0 aliphatic carbocycles. The van der Waals surface area contributed by atoms with Crippen molar-refractivity contribution in [3.63, 3.8) is 0 Å². The van der Waals surface area contributed by atoms with Crippen molar-refractivity contribution >= 4 is 11.5 Å². The molecule has 0 bridgehead atoms. The molecule has 3 nitrogen and oxygen atoms in total. The molecule has 1 aromatic heterocycles. The topological polar surface area (TPSA) is 28.2 Å². The highest BCUT2D eigenvalue weighted by Crippen LogP contribution is 2.28. The summed E-state index contributed by atoms with van der Waals surface area (Å²) in [5.74, 6) is 0.582. The predicted molar refractivity (Wildman–Crippen MR) is 76.2 cm³/mol. The van der Waals surface area contributed by atoms with Crippen molar-refractivity contribution < 1.29 is 4.39 Å². The van der Waals surface area contributed by atoms with Gasteiger partial charge in [0.05, 0.1) is 0 Å². The van der Waals surface area contributed by atoms with Gasteiger partial charge in [0.15, 0.2) is 0 Å². The van der Waals surface area contributed by atoms with Crippen molar-refractivity contribution in [1.29, 1.82) is 0 Å². The number of hydrogen-bond donors (Lipinski definition) is 1. The van der Waals surface area contributed by atoms with E-state index in [2.05, 4.69) is 17.2 Å². The summed E-state index contributed by atoms with van der Waals surface area (Å²) >= 11 is 0. The lowest BCUT2D eigenvalue weighted by Crippen LogP contribution is -2.19. The van der Waals surface area contributed by atoms with Crippen molar-refractivity contribution in [3.05, 3.63) is 54.0 Å². The van der Waals surface area contributed by atoms with Gasteiger partial charge in [-0.15, -0.1) is 0 Å². The summed E-state index contributed by atoms with van der Waals surface area (Å²) in [5.41, 5.74) is 1.86. The molecule has 1 unspecified atom stereocenters. The fourth-order valence-electron chi connectivity index (χ4n) is 1.99. The Morgan fingerprint density at radius 3 is 2.74 bits per heavy atom. The van der Waals surface area contributed by atoms with Gasteiger partial charge in [-0.1, -0.05) is 12.1 Å². The number of pyridine rings is 1. The third-order valence-electron chi connectivity index (χ3n) is 3.23. The molecular formula is C15H18FN3. The maximum atomic E-state index is 13.3. The van der Waals surface area contributed by atoms with Gasteiger partial charge in [-0.25, -0.2) is 9.37 Å². The number of rotatable bonds is 4. The second-order valence-electron chi connectivity index (χ2n) is 4.47. The maximum absolute atomic E-state index is 13.3. The van der Waals surface area contributed by atoms with E-state index in [4.69, 9.17) is 0 Å². The lowest BCUT2D eigenvalue weighted by Gasteiger charge is -2.23. The van der Waals surface area contributed by atoms with Gasteiger partial charge < -0.3 is 10.2 Å². The van der Waals surface area contributed by atoms with Crippen LogP contribution in [0.25, 0.3) is 0 Å². The Balaban J connectivity index is 2.41. The summed E-state index contributed by atoms with van der Waals surface area (Å²) in [7, 11) is 3.80. The third-order valence-corrected chi connectivity index (χ3v) is 3.23. The third kappa shape index (κ3) is 2.90. The van der Waals surface area contributed by atoms with Gasteiger partial charge in [0, 0.05) is 30.5 Å². The zero-order valence-electron chi connectivity index (χ0n) is 11.4. The predicted octanol–water partition coefficient (Wildman–Crippen LogP) is 3.27. The van der Waals surface area contributed by atoms with E-state index in [0.29, 0.717) is 0 Å². The summed E-state index contributed by atoms with van der Waals surface area (Å²) < 4.78 is 13.3. The largest absolute Gasteiger partial charge is 0.329 e. The van der Waals surface area contributed by atoms with Crippen LogP contribution in [0.15, 0.2) is 42.6 Å². The molecule has 19 heavy (non-hydrogen) atoms. The van der Waals surface area contributed by atoms with Crippen molar-refractivity contribution in [2.75, 3.05) is 19.0 Å². The first-order chi connectivity index (χ1) is 9.13. The maximum Gasteiger partial charge on any atom is 0.137 e. The van der Waals surface area contributed by atoms with Crippen LogP contribution >= 0.6 is 0 Å². The molecule has 0 aliphatic rings. The van der Waals surface area contributed by atoms with Crippen LogP contribution < -0.4 is 10.2 Å². The Bertz CT molecular complexity index is 557. The van der Waals surface area contributed by atoms with Crippen molar-refractivity contribution in [2.45, 2.75) is 13.0 Å².